The number of aromatic nitrogens is 3. The Morgan fingerprint density at radius 2 is 1.71 bits per heavy atom. The van der Waals surface area contributed by atoms with E-state index in [4.69, 9.17) is 5.11 Å². The maximum absolute atomic E-state index is 12.4. The topological polar surface area (TPSA) is 73.8 Å². The fraction of sp³-hybridized carbons (Fsp3) is 0.174. The van der Waals surface area contributed by atoms with Crippen LogP contribution in [0.15, 0.2) is 65.6 Å². The number of aliphatic hydroxyl groups is 1. The van der Waals surface area contributed by atoms with Crippen LogP contribution in [0.4, 0.5) is 0 Å². The van der Waals surface area contributed by atoms with Crippen molar-refractivity contribution in [3.63, 3.8) is 0 Å². The fourth-order valence-electron chi connectivity index (χ4n) is 3.48. The first kappa shape index (κ1) is 18.1. The van der Waals surface area contributed by atoms with Gasteiger partial charge in [0.05, 0.1) is 10.6 Å². The monoisotopic (exact) mass is 373 g/mol. The number of aromatic amines is 2. The molecular weight excluding hydrogens is 350 g/mol. The Balaban J connectivity index is 1.85. The van der Waals surface area contributed by atoms with E-state index in [1.54, 1.807) is 0 Å². The van der Waals surface area contributed by atoms with Crippen LogP contribution in [0.1, 0.15) is 24.0 Å². The highest BCUT2D eigenvalue weighted by molar-refractivity contribution is 5.89. The Labute approximate surface area is 162 Å². The van der Waals surface area contributed by atoms with Gasteiger partial charge in [-0.3, -0.25) is 15.0 Å². The molecule has 2 heterocycles. The average molecular weight is 373 g/mol. The van der Waals surface area contributed by atoms with E-state index in [9.17, 15) is 4.79 Å². The summed E-state index contributed by atoms with van der Waals surface area (Å²) in [6.07, 6.45) is 7.67. The van der Waals surface area contributed by atoms with E-state index >= 15 is 0 Å². The molecule has 2 aromatic carbocycles. The lowest BCUT2D eigenvalue weighted by atomic mass is 10.1. The minimum atomic E-state index is -0.140. The van der Waals surface area contributed by atoms with Gasteiger partial charge in [-0.2, -0.15) is 0 Å². The number of nitrogens with one attached hydrogen (secondary N) is 2. The van der Waals surface area contributed by atoms with Gasteiger partial charge in [-0.05, 0) is 36.6 Å². The molecule has 2 aromatic heterocycles. The number of nitrogens with zero attached hydrogens (tertiary/aromatic N) is 1. The molecule has 0 radical (unpaired) electrons. The van der Waals surface area contributed by atoms with Gasteiger partial charge in [0.15, 0.2) is 0 Å². The molecule has 0 bridgehead atoms. The third-order valence-electron chi connectivity index (χ3n) is 4.88. The summed E-state index contributed by atoms with van der Waals surface area (Å²) in [5.41, 5.74) is 3.03. The van der Waals surface area contributed by atoms with Gasteiger partial charge in [-0.1, -0.05) is 48.5 Å². The lowest BCUT2D eigenvalue weighted by molar-refractivity contribution is 0.281. The van der Waals surface area contributed by atoms with E-state index in [1.807, 2.05) is 54.6 Å². The molecule has 4 rings (SSSR count). The maximum atomic E-state index is 12.4. The summed E-state index contributed by atoms with van der Waals surface area (Å²) in [6, 6.07) is 18.1. The minimum absolute atomic E-state index is 0.140. The molecular formula is C23H23N3O2. The second-order valence-corrected chi connectivity index (χ2v) is 6.83. The first-order valence-corrected chi connectivity index (χ1v) is 9.50. The van der Waals surface area contributed by atoms with E-state index in [2.05, 4.69) is 33.1 Å². The average Bonchev–Trinajstić information content (AvgIpc) is 3.25. The van der Waals surface area contributed by atoms with Gasteiger partial charge in [0, 0.05) is 35.8 Å². The third-order valence-corrected chi connectivity index (χ3v) is 4.88. The van der Waals surface area contributed by atoms with Gasteiger partial charge in [0.1, 0.15) is 0 Å². The molecule has 0 aliphatic carbocycles. The molecule has 4 aromatic rings. The molecule has 0 atom stereocenters. The van der Waals surface area contributed by atoms with E-state index < -0.39 is 0 Å². The highest BCUT2D eigenvalue weighted by Crippen LogP contribution is 2.22. The van der Waals surface area contributed by atoms with Crippen LogP contribution in [0.5, 0.6) is 0 Å². The largest absolute Gasteiger partial charge is 0.396 e. The first-order valence-electron chi connectivity index (χ1n) is 9.50. The summed E-state index contributed by atoms with van der Waals surface area (Å²) < 4.78 is 2.19. The van der Waals surface area contributed by atoms with Crippen LogP contribution in [0.2, 0.25) is 0 Å². The number of aliphatic hydroxyl groups excluding tert-OH is 1. The van der Waals surface area contributed by atoms with Gasteiger partial charge < -0.3 is 9.67 Å². The molecule has 5 nitrogen and oxygen atoms in total. The predicted octanol–water partition coefficient (Wildman–Crippen LogP) is 2.09. The van der Waals surface area contributed by atoms with Crippen LogP contribution in [0.3, 0.4) is 0 Å². The molecule has 5 heteroatoms. The summed E-state index contributed by atoms with van der Waals surface area (Å²) >= 11 is 0. The summed E-state index contributed by atoms with van der Waals surface area (Å²) in [7, 11) is 0. The van der Waals surface area contributed by atoms with Crippen molar-refractivity contribution in [3.8, 4) is 0 Å². The molecule has 0 spiro atoms. The number of unbranched alkanes of at least 4 members (excludes halogenated alkanes) is 1. The molecule has 3 N–H and O–H groups in total. The Bertz CT molecular complexity index is 1250. The number of hydrogen-bond donors (Lipinski definition) is 3. The SMILES string of the molecule is O=c1[nH][nH]c(=Cc2ccccc2)c1=Cc1cn(CCCCO)c2ccccc12. The van der Waals surface area contributed by atoms with Crippen molar-refractivity contribution in [1.82, 2.24) is 14.8 Å². The van der Waals surface area contributed by atoms with Gasteiger partial charge in [0.2, 0.25) is 0 Å². The van der Waals surface area contributed by atoms with Crippen LogP contribution in [-0.4, -0.2) is 26.5 Å². The molecule has 0 aliphatic rings. The predicted molar refractivity (Wildman–Crippen MR) is 112 cm³/mol. The van der Waals surface area contributed by atoms with Gasteiger partial charge >= 0.3 is 0 Å². The number of H-pyrrole nitrogens is 2. The van der Waals surface area contributed by atoms with E-state index in [0.29, 0.717) is 5.22 Å². The van der Waals surface area contributed by atoms with Crippen LogP contribution < -0.4 is 16.1 Å². The number of para-hydroxylation sites is 1. The molecule has 142 valence electrons. The molecule has 0 fully saturated rings. The van der Waals surface area contributed by atoms with Gasteiger partial charge in [-0.15, -0.1) is 0 Å². The summed E-state index contributed by atoms with van der Waals surface area (Å²) in [5.74, 6) is 0. The van der Waals surface area contributed by atoms with Gasteiger partial charge in [0.25, 0.3) is 5.56 Å². The first-order chi connectivity index (χ1) is 13.8. The second kappa shape index (κ2) is 8.15. The fourth-order valence-corrected chi connectivity index (χ4v) is 3.48. The summed E-state index contributed by atoms with van der Waals surface area (Å²) in [4.78, 5) is 12.4. The van der Waals surface area contributed by atoms with E-state index in [0.717, 1.165) is 46.8 Å². The minimum Gasteiger partial charge on any atom is -0.396 e. The molecule has 0 amide bonds. The standard InChI is InChI=1S/C23H23N3O2/c27-13-7-6-12-26-16-18(19-10-4-5-11-22(19)26)15-20-21(24-25-23(20)28)14-17-8-2-1-3-9-17/h1-5,8-11,14-16,24,27H,6-7,12-13H2,(H,25,28). The zero-order chi connectivity index (χ0) is 19.3. The molecule has 28 heavy (non-hydrogen) atoms. The molecule has 0 saturated heterocycles. The molecule has 0 saturated carbocycles. The number of fused-ring (bicyclic) bond motifs is 1. The van der Waals surface area contributed by atoms with Crippen LogP contribution in [0.25, 0.3) is 23.1 Å². The number of hydrogen-bond acceptors (Lipinski definition) is 2. The normalized spacial score (nSPS) is 12.9. The zero-order valence-electron chi connectivity index (χ0n) is 15.6. The van der Waals surface area contributed by atoms with Gasteiger partial charge in [-0.25, -0.2) is 0 Å². The second-order valence-electron chi connectivity index (χ2n) is 6.83. The maximum Gasteiger partial charge on any atom is 0.271 e. The lowest BCUT2D eigenvalue weighted by Crippen LogP contribution is -2.33. The van der Waals surface area contributed by atoms with E-state index in [1.165, 1.54) is 0 Å². The third kappa shape index (κ3) is 3.70. The summed E-state index contributed by atoms with van der Waals surface area (Å²) in [6.45, 7) is 1.04. The van der Waals surface area contributed by atoms with Crippen LogP contribution in [-0.2, 0) is 6.54 Å². The quantitative estimate of drug-likeness (QED) is 0.453. The Kier molecular flexibility index (Phi) is 5.26. The van der Waals surface area contributed by atoms with Crippen molar-refractivity contribution in [1.29, 1.82) is 0 Å². The van der Waals surface area contributed by atoms with Crippen LogP contribution >= 0.6 is 0 Å². The van der Waals surface area contributed by atoms with Crippen molar-refractivity contribution >= 4 is 23.1 Å². The molecule has 0 unspecified atom stereocenters. The highest BCUT2D eigenvalue weighted by atomic mass is 16.2. The smallest absolute Gasteiger partial charge is 0.271 e. The Morgan fingerprint density at radius 3 is 2.54 bits per heavy atom. The van der Waals surface area contributed by atoms with E-state index in [-0.39, 0.29) is 12.2 Å². The summed E-state index contributed by atoms with van der Waals surface area (Å²) in [5, 5.41) is 17.2. The highest BCUT2D eigenvalue weighted by Gasteiger charge is 2.07. The number of aryl methyl sites for hydroxylation is 1. The van der Waals surface area contributed by atoms with Crippen molar-refractivity contribution < 1.29 is 5.11 Å². The van der Waals surface area contributed by atoms with Crippen molar-refractivity contribution in [2.45, 2.75) is 19.4 Å². The zero-order valence-corrected chi connectivity index (χ0v) is 15.6. The number of benzene rings is 2. The number of rotatable bonds is 6. The lowest BCUT2D eigenvalue weighted by Gasteiger charge is -2.03. The van der Waals surface area contributed by atoms with Crippen LogP contribution in [0, 0.1) is 0 Å². The Hall–Kier alpha value is -3.31. The molecule has 0 aliphatic heterocycles. The van der Waals surface area contributed by atoms with Crippen molar-refractivity contribution in [2.24, 2.45) is 0 Å². The van der Waals surface area contributed by atoms with Crippen molar-refractivity contribution in [2.75, 3.05) is 6.61 Å². The van der Waals surface area contributed by atoms with Crippen molar-refractivity contribution in [3.05, 3.63) is 92.8 Å². The Morgan fingerprint density at radius 1 is 0.929 bits per heavy atom.